The molecule has 0 bridgehead atoms. The maximum Gasteiger partial charge on any atom is 0.123 e. The van der Waals surface area contributed by atoms with Crippen molar-refractivity contribution >= 4 is 11.8 Å². The van der Waals surface area contributed by atoms with E-state index in [1.807, 2.05) is 6.92 Å². The second-order valence-corrected chi connectivity index (χ2v) is 4.21. The molecule has 1 rings (SSSR count). The Morgan fingerprint density at radius 1 is 1.54 bits per heavy atom. The summed E-state index contributed by atoms with van der Waals surface area (Å²) < 4.78 is 12.9. The SMILES string of the molecule is CCSc1ccc(F)cc1[C@@H](C)N. The molecule has 1 nitrogen and oxygen atoms in total. The van der Waals surface area contributed by atoms with E-state index in [2.05, 4.69) is 6.92 Å². The van der Waals surface area contributed by atoms with Crippen LogP contribution in [0.5, 0.6) is 0 Å². The third-order valence-corrected chi connectivity index (χ3v) is 2.73. The second-order valence-electron chi connectivity index (χ2n) is 2.90. The van der Waals surface area contributed by atoms with E-state index in [4.69, 9.17) is 5.73 Å². The summed E-state index contributed by atoms with van der Waals surface area (Å²) in [5, 5.41) is 0. The fourth-order valence-corrected chi connectivity index (χ4v) is 2.05. The molecular weight excluding hydrogens is 185 g/mol. The van der Waals surface area contributed by atoms with Gasteiger partial charge < -0.3 is 5.73 Å². The largest absolute Gasteiger partial charge is 0.324 e. The minimum absolute atomic E-state index is 0.107. The van der Waals surface area contributed by atoms with Gasteiger partial charge in [-0.15, -0.1) is 11.8 Å². The predicted octanol–water partition coefficient (Wildman–Crippen LogP) is 2.96. The van der Waals surface area contributed by atoms with Crippen LogP contribution in [-0.2, 0) is 0 Å². The molecule has 0 aliphatic rings. The van der Waals surface area contributed by atoms with Crippen LogP contribution < -0.4 is 5.73 Å². The van der Waals surface area contributed by atoms with Gasteiger partial charge in [-0.3, -0.25) is 0 Å². The number of rotatable bonds is 3. The molecule has 1 atom stereocenters. The summed E-state index contributed by atoms with van der Waals surface area (Å²) in [6, 6.07) is 4.68. The normalized spacial score (nSPS) is 12.9. The maximum absolute atomic E-state index is 12.9. The van der Waals surface area contributed by atoms with Crippen LogP contribution >= 0.6 is 11.8 Å². The van der Waals surface area contributed by atoms with Crippen LogP contribution in [0.3, 0.4) is 0 Å². The topological polar surface area (TPSA) is 26.0 Å². The fraction of sp³-hybridized carbons (Fsp3) is 0.400. The van der Waals surface area contributed by atoms with Gasteiger partial charge in [0.15, 0.2) is 0 Å². The Kier molecular flexibility index (Phi) is 3.75. The molecule has 72 valence electrons. The smallest absolute Gasteiger partial charge is 0.123 e. The van der Waals surface area contributed by atoms with E-state index in [1.54, 1.807) is 17.8 Å². The van der Waals surface area contributed by atoms with Gasteiger partial charge in [-0.25, -0.2) is 4.39 Å². The zero-order valence-corrected chi connectivity index (χ0v) is 8.70. The van der Waals surface area contributed by atoms with Crippen LogP contribution in [0.2, 0.25) is 0 Å². The monoisotopic (exact) mass is 199 g/mol. The first-order valence-corrected chi connectivity index (χ1v) is 5.31. The van der Waals surface area contributed by atoms with Gasteiger partial charge in [-0.05, 0) is 36.4 Å². The van der Waals surface area contributed by atoms with Crippen molar-refractivity contribution < 1.29 is 4.39 Å². The van der Waals surface area contributed by atoms with E-state index in [0.717, 1.165) is 16.2 Å². The quantitative estimate of drug-likeness (QED) is 0.757. The minimum atomic E-state index is -0.215. The van der Waals surface area contributed by atoms with Crippen molar-refractivity contribution in [2.75, 3.05) is 5.75 Å². The zero-order valence-electron chi connectivity index (χ0n) is 7.88. The molecule has 1 aromatic carbocycles. The molecule has 0 aliphatic heterocycles. The molecule has 2 N–H and O–H groups in total. The summed E-state index contributed by atoms with van der Waals surface area (Å²) >= 11 is 1.69. The van der Waals surface area contributed by atoms with E-state index in [1.165, 1.54) is 12.1 Å². The Hall–Kier alpha value is -0.540. The first-order chi connectivity index (χ1) is 6.15. The molecule has 0 aliphatic carbocycles. The number of benzene rings is 1. The zero-order chi connectivity index (χ0) is 9.84. The molecule has 0 radical (unpaired) electrons. The molecule has 1 aromatic rings. The van der Waals surface area contributed by atoms with Gasteiger partial charge in [0.25, 0.3) is 0 Å². The van der Waals surface area contributed by atoms with Gasteiger partial charge in [0.05, 0.1) is 0 Å². The molecule has 0 saturated carbocycles. The van der Waals surface area contributed by atoms with E-state index < -0.39 is 0 Å². The Balaban J connectivity index is 3.03. The highest BCUT2D eigenvalue weighted by Crippen LogP contribution is 2.26. The highest BCUT2D eigenvalue weighted by atomic mass is 32.2. The summed E-state index contributed by atoms with van der Waals surface area (Å²) in [4.78, 5) is 1.08. The van der Waals surface area contributed by atoms with E-state index in [9.17, 15) is 4.39 Å². The minimum Gasteiger partial charge on any atom is -0.324 e. The molecular formula is C10H14FNS. The maximum atomic E-state index is 12.9. The van der Waals surface area contributed by atoms with Crippen molar-refractivity contribution in [3.05, 3.63) is 29.6 Å². The number of nitrogens with two attached hydrogens (primary N) is 1. The summed E-state index contributed by atoms with van der Waals surface area (Å²) in [6.45, 7) is 3.94. The first kappa shape index (κ1) is 10.5. The molecule has 0 spiro atoms. The van der Waals surface area contributed by atoms with E-state index in [-0.39, 0.29) is 11.9 Å². The van der Waals surface area contributed by atoms with Gasteiger partial charge >= 0.3 is 0 Å². The summed E-state index contributed by atoms with van der Waals surface area (Å²) in [7, 11) is 0. The van der Waals surface area contributed by atoms with Crippen LogP contribution in [0.25, 0.3) is 0 Å². The highest BCUT2D eigenvalue weighted by molar-refractivity contribution is 7.99. The van der Waals surface area contributed by atoms with Crippen molar-refractivity contribution in [2.24, 2.45) is 5.73 Å². The van der Waals surface area contributed by atoms with Crippen LogP contribution in [0, 0.1) is 5.82 Å². The van der Waals surface area contributed by atoms with Crippen molar-refractivity contribution in [3.63, 3.8) is 0 Å². The van der Waals surface area contributed by atoms with E-state index >= 15 is 0 Å². The summed E-state index contributed by atoms with van der Waals surface area (Å²) in [6.07, 6.45) is 0. The highest BCUT2D eigenvalue weighted by Gasteiger charge is 2.07. The van der Waals surface area contributed by atoms with Crippen LogP contribution in [0.1, 0.15) is 25.5 Å². The lowest BCUT2D eigenvalue weighted by Gasteiger charge is -2.11. The molecule has 0 unspecified atom stereocenters. The van der Waals surface area contributed by atoms with Crippen LogP contribution in [0.15, 0.2) is 23.1 Å². The van der Waals surface area contributed by atoms with Gasteiger partial charge in [0.1, 0.15) is 5.82 Å². The Morgan fingerprint density at radius 3 is 2.77 bits per heavy atom. The van der Waals surface area contributed by atoms with Gasteiger partial charge in [-0.1, -0.05) is 6.92 Å². The first-order valence-electron chi connectivity index (χ1n) is 4.33. The third kappa shape index (κ3) is 2.71. The second kappa shape index (κ2) is 4.63. The third-order valence-electron chi connectivity index (χ3n) is 1.76. The summed E-state index contributed by atoms with van der Waals surface area (Å²) in [5.74, 6) is 0.762. The molecule has 3 heteroatoms. The lowest BCUT2D eigenvalue weighted by Crippen LogP contribution is -2.06. The van der Waals surface area contributed by atoms with Gasteiger partial charge in [0, 0.05) is 10.9 Å². The van der Waals surface area contributed by atoms with E-state index in [0.29, 0.717) is 0 Å². The Labute approximate surface area is 82.5 Å². The van der Waals surface area contributed by atoms with Crippen LogP contribution in [-0.4, -0.2) is 5.75 Å². The van der Waals surface area contributed by atoms with Crippen molar-refractivity contribution in [3.8, 4) is 0 Å². The standard InChI is InChI=1S/C10H14FNS/c1-3-13-10-5-4-8(11)6-9(10)7(2)12/h4-7H,3,12H2,1-2H3/t7-/m1/s1. The lowest BCUT2D eigenvalue weighted by atomic mass is 10.1. The van der Waals surface area contributed by atoms with Crippen molar-refractivity contribution in [1.29, 1.82) is 0 Å². The van der Waals surface area contributed by atoms with Crippen molar-refractivity contribution in [2.45, 2.75) is 24.8 Å². The molecule has 0 aromatic heterocycles. The molecule has 0 fully saturated rings. The predicted molar refractivity (Wildman–Crippen MR) is 55.4 cm³/mol. The number of thioether (sulfide) groups is 1. The molecule has 13 heavy (non-hydrogen) atoms. The van der Waals surface area contributed by atoms with Crippen molar-refractivity contribution in [1.82, 2.24) is 0 Å². The number of hydrogen-bond acceptors (Lipinski definition) is 2. The van der Waals surface area contributed by atoms with Crippen LogP contribution in [0.4, 0.5) is 4.39 Å². The lowest BCUT2D eigenvalue weighted by molar-refractivity contribution is 0.619. The average Bonchev–Trinajstić information content (AvgIpc) is 2.08. The summed E-state index contributed by atoms with van der Waals surface area (Å²) in [5.41, 5.74) is 6.63. The molecule has 0 heterocycles. The Morgan fingerprint density at radius 2 is 2.23 bits per heavy atom. The molecule has 0 amide bonds. The van der Waals surface area contributed by atoms with Gasteiger partial charge in [-0.2, -0.15) is 0 Å². The average molecular weight is 199 g/mol. The number of hydrogen-bond donors (Lipinski definition) is 1. The van der Waals surface area contributed by atoms with Gasteiger partial charge in [0.2, 0.25) is 0 Å². The number of halogens is 1. The Bertz CT molecular complexity index is 286. The molecule has 0 saturated heterocycles. The fourth-order valence-electron chi connectivity index (χ4n) is 1.16.